The van der Waals surface area contributed by atoms with E-state index in [1.165, 1.54) is 18.2 Å². The third-order valence-corrected chi connectivity index (χ3v) is 3.80. The number of hydrogen-bond acceptors (Lipinski definition) is 2. The highest BCUT2D eigenvalue weighted by molar-refractivity contribution is 6.31. The van der Waals surface area contributed by atoms with Gasteiger partial charge in [0.05, 0.1) is 5.92 Å². The van der Waals surface area contributed by atoms with E-state index in [1.54, 1.807) is 0 Å². The van der Waals surface area contributed by atoms with Gasteiger partial charge in [0.2, 0.25) is 0 Å². The molecule has 3 unspecified atom stereocenters. The van der Waals surface area contributed by atoms with Crippen LogP contribution in [0, 0.1) is 11.7 Å². The molecule has 1 aliphatic rings. The second-order valence-electron chi connectivity index (χ2n) is 4.76. The second kappa shape index (κ2) is 5.24. The lowest BCUT2D eigenvalue weighted by Gasteiger charge is -2.34. The van der Waals surface area contributed by atoms with Gasteiger partial charge in [0.25, 0.3) is 0 Å². The van der Waals surface area contributed by atoms with Crippen LogP contribution in [0.3, 0.4) is 0 Å². The molecule has 3 nitrogen and oxygen atoms in total. The van der Waals surface area contributed by atoms with E-state index in [4.69, 9.17) is 11.6 Å². The van der Waals surface area contributed by atoms with Crippen LogP contribution in [0.5, 0.6) is 0 Å². The molecule has 5 heteroatoms. The van der Waals surface area contributed by atoms with Crippen molar-refractivity contribution in [2.24, 2.45) is 5.92 Å². The van der Waals surface area contributed by atoms with Gasteiger partial charge >= 0.3 is 5.97 Å². The largest absolute Gasteiger partial charge is 0.481 e. The van der Waals surface area contributed by atoms with Crippen molar-refractivity contribution in [2.75, 3.05) is 6.54 Å². The average molecular weight is 272 g/mol. The molecule has 0 spiro atoms. The number of nitrogens with one attached hydrogen (secondary N) is 1. The Hall–Kier alpha value is -1.13. The summed E-state index contributed by atoms with van der Waals surface area (Å²) < 4.78 is 13.3. The summed E-state index contributed by atoms with van der Waals surface area (Å²) in [5.74, 6) is -2.08. The number of piperidine rings is 1. The first-order valence-corrected chi connectivity index (χ1v) is 6.28. The fraction of sp³-hybridized carbons (Fsp3) is 0.462. The third kappa shape index (κ3) is 2.65. The maximum absolute atomic E-state index is 13.3. The van der Waals surface area contributed by atoms with Crippen LogP contribution in [0.25, 0.3) is 0 Å². The predicted molar refractivity (Wildman–Crippen MR) is 67.4 cm³/mol. The molecule has 1 aromatic rings. The number of carboxylic acids is 1. The standard InChI is InChI=1S/C13H15ClFNO2/c1-7-4-9(11(6-16-7)13(17)18)10-5-8(15)2-3-12(10)14/h2-3,5,7,9,11,16H,4,6H2,1H3,(H,17,18). The Balaban J connectivity index is 2.37. The summed E-state index contributed by atoms with van der Waals surface area (Å²) in [5, 5.41) is 12.8. The molecule has 1 aromatic carbocycles. The zero-order chi connectivity index (χ0) is 13.3. The maximum Gasteiger partial charge on any atom is 0.308 e. The van der Waals surface area contributed by atoms with Gasteiger partial charge in [0.15, 0.2) is 0 Å². The second-order valence-corrected chi connectivity index (χ2v) is 5.17. The Morgan fingerprint density at radius 3 is 2.94 bits per heavy atom. The number of carbonyl (C=O) groups is 1. The fourth-order valence-corrected chi connectivity index (χ4v) is 2.76. The number of hydrogen-bond donors (Lipinski definition) is 2. The van der Waals surface area contributed by atoms with Crippen LogP contribution in [-0.2, 0) is 4.79 Å². The molecule has 0 bridgehead atoms. The summed E-state index contributed by atoms with van der Waals surface area (Å²) in [6, 6.07) is 4.32. The van der Waals surface area contributed by atoms with Gasteiger partial charge in [-0.05, 0) is 37.1 Å². The Labute approximate surface area is 110 Å². The minimum absolute atomic E-state index is 0.199. The number of halogens is 2. The highest BCUT2D eigenvalue weighted by atomic mass is 35.5. The molecule has 1 fully saturated rings. The molecule has 3 atom stereocenters. The quantitative estimate of drug-likeness (QED) is 0.869. The van der Waals surface area contributed by atoms with Gasteiger partial charge in [-0.15, -0.1) is 0 Å². The van der Waals surface area contributed by atoms with Gasteiger partial charge in [0.1, 0.15) is 5.82 Å². The summed E-state index contributed by atoms with van der Waals surface area (Å²) in [4.78, 5) is 11.3. The molecule has 0 amide bonds. The molecule has 2 N–H and O–H groups in total. The summed E-state index contributed by atoms with van der Waals surface area (Å²) in [6.07, 6.45) is 0.639. The van der Waals surface area contributed by atoms with E-state index in [9.17, 15) is 14.3 Å². The highest BCUT2D eigenvalue weighted by Crippen LogP contribution is 2.36. The average Bonchev–Trinajstić information content (AvgIpc) is 2.31. The van der Waals surface area contributed by atoms with E-state index in [2.05, 4.69) is 5.32 Å². The van der Waals surface area contributed by atoms with Crippen molar-refractivity contribution >= 4 is 17.6 Å². The Morgan fingerprint density at radius 2 is 2.28 bits per heavy atom. The Morgan fingerprint density at radius 1 is 1.56 bits per heavy atom. The lowest BCUT2D eigenvalue weighted by atomic mass is 9.79. The van der Waals surface area contributed by atoms with Crippen LogP contribution in [-0.4, -0.2) is 23.7 Å². The van der Waals surface area contributed by atoms with Gasteiger partial charge in [-0.1, -0.05) is 11.6 Å². The predicted octanol–water partition coefficient (Wildman–Crippen LogP) is 2.65. The van der Waals surface area contributed by atoms with Crippen LogP contribution in [0.1, 0.15) is 24.8 Å². The van der Waals surface area contributed by atoms with Crippen molar-refractivity contribution in [2.45, 2.75) is 25.3 Å². The maximum atomic E-state index is 13.3. The number of carboxylic acid groups (broad SMARTS) is 1. The lowest BCUT2D eigenvalue weighted by molar-refractivity contribution is -0.143. The zero-order valence-corrected chi connectivity index (χ0v) is 10.7. The molecular weight excluding hydrogens is 257 g/mol. The first kappa shape index (κ1) is 13.3. The molecule has 0 radical (unpaired) electrons. The zero-order valence-electron chi connectivity index (χ0n) is 9.99. The van der Waals surface area contributed by atoms with Crippen molar-refractivity contribution in [3.63, 3.8) is 0 Å². The molecule has 0 aromatic heterocycles. The van der Waals surface area contributed by atoms with Crippen LogP contribution in [0.15, 0.2) is 18.2 Å². The molecule has 0 aliphatic carbocycles. The molecule has 1 heterocycles. The molecule has 1 aliphatic heterocycles. The van der Waals surface area contributed by atoms with E-state index in [0.29, 0.717) is 23.6 Å². The fourth-order valence-electron chi connectivity index (χ4n) is 2.50. The number of benzene rings is 1. The first-order valence-electron chi connectivity index (χ1n) is 5.90. The molecule has 2 rings (SSSR count). The summed E-state index contributed by atoms with van der Waals surface area (Å²) in [7, 11) is 0. The van der Waals surface area contributed by atoms with Crippen LogP contribution >= 0.6 is 11.6 Å². The van der Waals surface area contributed by atoms with Crippen LogP contribution in [0.2, 0.25) is 5.02 Å². The molecule has 1 saturated heterocycles. The lowest BCUT2D eigenvalue weighted by Crippen LogP contribution is -2.44. The first-order chi connectivity index (χ1) is 8.49. The van der Waals surface area contributed by atoms with Gasteiger partial charge in [0, 0.05) is 23.5 Å². The number of aliphatic carboxylic acids is 1. The van der Waals surface area contributed by atoms with Crippen molar-refractivity contribution in [1.29, 1.82) is 0 Å². The normalized spacial score (nSPS) is 28.1. The Bertz CT molecular complexity index is 466. The summed E-state index contributed by atoms with van der Waals surface area (Å²) in [6.45, 7) is 2.37. The van der Waals surface area contributed by atoms with E-state index < -0.39 is 11.9 Å². The third-order valence-electron chi connectivity index (χ3n) is 3.45. The van der Waals surface area contributed by atoms with E-state index in [0.717, 1.165) is 0 Å². The van der Waals surface area contributed by atoms with Crippen LogP contribution < -0.4 is 5.32 Å². The molecule has 0 saturated carbocycles. The molecular formula is C13H15ClFNO2. The molecule has 98 valence electrons. The SMILES string of the molecule is CC1CC(c2cc(F)ccc2Cl)C(C(=O)O)CN1. The van der Waals surface area contributed by atoms with Crippen molar-refractivity contribution < 1.29 is 14.3 Å². The van der Waals surface area contributed by atoms with Gasteiger partial charge in [-0.2, -0.15) is 0 Å². The number of rotatable bonds is 2. The monoisotopic (exact) mass is 271 g/mol. The summed E-state index contributed by atoms with van der Waals surface area (Å²) >= 11 is 6.07. The van der Waals surface area contributed by atoms with E-state index in [1.807, 2.05) is 6.92 Å². The highest BCUT2D eigenvalue weighted by Gasteiger charge is 2.35. The van der Waals surface area contributed by atoms with E-state index >= 15 is 0 Å². The van der Waals surface area contributed by atoms with Crippen molar-refractivity contribution in [3.05, 3.63) is 34.6 Å². The smallest absolute Gasteiger partial charge is 0.308 e. The van der Waals surface area contributed by atoms with Gasteiger partial charge in [-0.3, -0.25) is 4.79 Å². The minimum atomic E-state index is -0.875. The Kier molecular flexibility index (Phi) is 3.88. The van der Waals surface area contributed by atoms with Gasteiger partial charge < -0.3 is 10.4 Å². The minimum Gasteiger partial charge on any atom is -0.481 e. The van der Waals surface area contributed by atoms with Crippen molar-refractivity contribution in [3.8, 4) is 0 Å². The van der Waals surface area contributed by atoms with Crippen molar-refractivity contribution in [1.82, 2.24) is 5.32 Å². The summed E-state index contributed by atoms with van der Waals surface area (Å²) in [5.41, 5.74) is 0.595. The molecule has 18 heavy (non-hydrogen) atoms. The van der Waals surface area contributed by atoms with Gasteiger partial charge in [-0.25, -0.2) is 4.39 Å². The van der Waals surface area contributed by atoms with Crippen LogP contribution in [0.4, 0.5) is 4.39 Å². The van der Waals surface area contributed by atoms with E-state index in [-0.39, 0.29) is 17.8 Å². The topological polar surface area (TPSA) is 49.3 Å².